The molecule has 1 saturated heterocycles. The van der Waals surface area contributed by atoms with Crippen LogP contribution in [0.3, 0.4) is 0 Å². The highest BCUT2D eigenvalue weighted by molar-refractivity contribution is 7.17. The van der Waals surface area contributed by atoms with Crippen molar-refractivity contribution in [2.24, 2.45) is 5.92 Å². The summed E-state index contributed by atoms with van der Waals surface area (Å²) in [5, 5.41) is 13.4. The summed E-state index contributed by atoms with van der Waals surface area (Å²) >= 11 is 1.55. The van der Waals surface area contributed by atoms with E-state index in [-0.39, 0.29) is 11.8 Å². The van der Waals surface area contributed by atoms with Crippen LogP contribution in [0.25, 0.3) is 5.13 Å². The molecule has 3 heterocycles. The zero-order valence-corrected chi connectivity index (χ0v) is 18.6. The number of amides is 1. The molecule has 0 bridgehead atoms. The predicted molar refractivity (Wildman–Crippen MR) is 120 cm³/mol. The first-order valence-corrected chi connectivity index (χ1v) is 11.2. The van der Waals surface area contributed by atoms with Crippen LogP contribution in [0.1, 0.15) is 18.4 Å². The predicted octanol–water partition coefficient (Wildman–Crippen LogP) is 2.92. The van der Waals surface area contributed by atoms with Crippen LogP contribution in [0.5, 0.6) is 11.5 Å². The lowest BCUT2D eigenvalue weighted by molar-refractivity contribution is -0.125. The first-order chi connectivity index (χ1) is 15.2. The Balaban J connectivity index is 1.30. The second kappa shape index (κ2) is 9.82. The molecule has 0 saturated carbocycles. The highest BCUT2D eigenvalue weighted by Gasteiger charge is 2.27. The SMILES string of the molecule is COc1ccc(CCNC(=O)[C@@H]2CCCN(c3nnc(-n4cccc4)s3)C2)cc1OC. The van der Waals surface area contributed by atoms with Crippen molar-refractivity contribution in [3.8, 4) is 16.6 Å². The van der Waals surface area contributed by atoms with Gasteiger partial charge in [-0.15, -0.1) is 10.2 Å². The Morgan fingerprint density at radius 1 is 1.16 bits per heavy atom. The van der Waals surface area contributed by atoms with Crippen LogP contribution in [-0.4, -0.2) is 54.5 Å². The van der Waals surface area contributed by atoms with Crippen LogP contribution in [0.4, 0.5) is 5.13 Å². The third kappa shape index (κ3) is 4.99. The van der Waals surface area contributed by atoms with Crippen LogP contribution in [0.2, 0.25) is 0 Å². The van der Waals surface area contributed by atoms with Crippen molar-refractivity contribution < 1.29 is 14.3 Å². The molecule has 3 aromatic rings. The quantitative estimate of drug-likeness (QED) is 0.579. The minimum atomic E-state index is -0.0434. The molecule has 0 radical (unpaired) electrons. The molecule has 8 nitrogen and oxygen atoms in total. The molecule has 1 fully saturated rings. The number of carbonyl (C=O) groups is 1. The summed E-state index contributed by atoms with van der Waals surface area (Å²) in [6.07, 6.45) is 6.50. The molecule has 1 atom stereocenters. The summed E-state index contributed by atoms with van der Waals surface area (Å²) in [5.74, 6) is 1.46. The third-order valence-corrected chi connectivity index (χ3v) is 6.45. The number of carbonyl (C=O) groups excluding carboxylic acids is 1. The smallest absolute Gasteiger partial charge is 0.224 e. The van der Waals surface area contributed by atoms with E-state index in [4.69, 9.17) is 9.47 Å². The molecule has 31 heavy (non-hydrogen) atoms. The lowest BCUT2D eigenvalue weighted by Crippen LogP contribution is -2.43. The molecule has 1 N–H and O–H groups in total. The van der Waals surface area contributed by atoms with Crippen LogP contribution in [0.15, 0.2) is 42.7 Å². The van der Waals surface area contributed by atoms with Gasteiger partial charge in [0.25, 0.3) is 0 Å². The molecule has 0 unspecified atom stereocenters. The third-order valence-electron chi connectivity index (χ3n) is 5.45. The Labute approximate surface area is 185 Å². The van der Waals surface area contributed by atoms with Crippen molar-refractivity contribution in [1.29, 1.82) is 0 Å². The lowest BCUT2D eigenvalue weighted by atomic mass is 9.97. The fraction of sp³-hybridized carbons (Fsp3) is 0.409. The fourth-order valence-electron chi connectivity index (χ4n) is 3.78. The van der Waals surface area contributed by atoms with Gasteiger partial charge >= 0.3 is 0 Å². The van der Waals surface area contributed by atoms with Gasteiger partial charge in [-0.2, -0.15) is 0 Å². The van der Waals surface area contributed by atoms with Gasteiger partial charge in [0, 0.05) is 32.0 Å². The van der Waals surface area contributed by atoms with E-state index in [0.29, 0.717) is 24.6 Å². The molecule has 1 aliphatic heterocycles. The van der Waals surface area contributed by atoms with Crippen molar-refractivity contribution in [2.45, 2.75) is 19.3 Å². The molecule has 0 spiro atoms. The summed E-state index contributed by atoms with van der Waals surface area (Å²) in [7, 11) is 3.24. The number of piperidine rings is 1. The summed E-state index contributed by atoms with van der Waals surface area (Å²) in [6.45, 7) is 2.15. The molecular weight excluding hydrogens is 414 g/mol. The number of ether oxygens (including phenoxy) is 2. The summed E-state index contributed by atoms with van der Waals surface area (Å²) < 4.78 is 12.6. The van der Waals surface area contributed by atoms with Gasteiger partial charge in [0.1, 0.15) is 0 Å². The number of anilines is 1. The number of methoxy groups -OCH3 is 2. The summed E-state index contributed by atoms with van der Waals surface area (Å²) in [6, 6.07) is 9.76. The second-order valence-electron chi connectivity index (χ2n) is 7.47. The van der Waals surface area contributed by atoms with Gasteiger partial charge in [0.2, 0.25) is 16.2 Å². The number of aromatic nitrogens is 3. The van der Waals surface area contributed by atoms with Gasteiger partial charge in [-0.25, -0.2) is 0 Å². The zero-order chi connectivity index (χ0) is 21.6. The number of hydrogen-bond donors (Lipinski definition) is 1. The molecule has 4 rings (SSSR count). The minimum absolute atomic E-state index is 0.0434. The number of nitrogens with one attached hydrogen (secondary N) is 1. The highest BCUT2D eigenvalue weighted by Crippen LogP contribution is 2.29. The van der Waals surface area contributed by atoms with Crippen LogP contribution in [0, 0.1) is 5.92 Å². The van der Waals surface area contributed by atoms with E-state index >= 15 is 0 Å². The summed E-state index contributed by atoms with van der Waals surface area (Å²) in [4.78, 5) is 14.9. The second-order valence-corrected chi connectivity index (χ2v) is 8.41. The van der Waals surface area contributed by atoms with E-state index in [1.54, 1.807) is 25.6 Å². The molecule has 164 valence electrons. The molecule has 0 aliphatic carbocycles. The van der Waals surface area contributed by atoms with Gasteiger partial charge in [-0.1, -0.05) is 17.4 Å². The maximum absolute atomic E-state index is 12.8. The van der Waals surface area contributed by atoms with Crippen molar-refractivity contribution in [1.82, 2.24) is 20.1 Å². The monoisotopic (exact) mass is 441 g/mol. The van der Waals surface area contributed by atoms with Crippen molar-refractivity contribution in [3.05, 3.63) is 48.3 Å². The Morgan fingerprint density at radius 2 is 1.94 bits per heavy atom. The lowest BCUT2D eigenvalue weighted by Gasteiger charge is -2.31. The Kier molecular flexibility index (Phi) is 6.71. The Morgan fingerprint density at radius 3 is 2.71 bits per heavy atom. The maximum atomic E-state index is 12.8. The van der Waals surface area contributed by atoms with Crippen molar-refractivity contribution >= 4 is 22.4 Å². The van der Waals surface area contributed by atoms with Crippen LogP contribution in [-0.2, 0) is 11.2 Å². The minimum Gasteiger partial charge on any atom is -0.493 e. The van der Waals surface area contributed by atoms with Gasteiger partial charge in [0.15, 0.2) is 11.5 Å². The Hall–Kier alpha value is -3.07. The number of rotatable bonds is 8. The normalized spacial score (nSPS) is 16.2. The molecule has 9 heteroatoms. The standard InChI is InChI=1S/C22H27N5O3S/c1-29-18-8-7-16(14-19(18)30-2)9-10-23-20(28)17-6-5-13-27(15-17)22-25-24-21(31-22)26-11-3-4-12-26/h3-4,7-8,11-12,14,17H,5-6,9-10,13,15H2,1-2H3,(H,23,28)/t17-/m1/s1. The van der Waals surface area contributed by atoms with E-state index in [9.17, 15) is 4.79 Å². The van der Waals surface area contributed by atoms with Crippen molar-refractivity contribution in [2.75, 3.05) is 38.8 Å². The Bertz CT molecular complexity index is 1000. The van der Waals surface area contributed by atoms with Gasteiger partial charge in [0.05, 0.1) is 20.1 Å². The van der Waals surface area contributed by atoms with Crippen LogP contribution < -0.4 is 19.7 Å². The summed E-state index contributed by atoms with van der Waals surface area (Å²) in [5.41, 5.74) is 1.09. The number of nitrogens with zero attached hydrogens (tertiary/aromatic N) is 4. The fourth-order valence-corrected chi connectivity index (χ4v) is 4.63. The zero-order valence-electron chi connectivity index (χ0n) is 17.8. The number of benzene rings is 1. The largest absolute Gasteiger partial charge is 0.493 e. The topological polar surface area (TPSA) is 81.5 Å². The van der Waals surface area contributed by atoms with E-state index in [1.807, 2.05) is 47.3 Å². The van der Waals surface area contributed by atoms with Gasteiger partial charge in [-0.3, -0.25) is 9.36 Å². The first-order valence-electron chi connectivity index (χ1n) is 10.4. The van der Waals surface area contributed by atoms with Gasteiger partial charge in [-0.05, 0) is 49.1 Å². The van der Waals surface area contributed by atoms with Gasteiger partial charge < -0.3 is 19.7 Å². The molecule has 1 aliphatic rings. The van der Waals surface area contributed by atoms with E-state index in [2.05, 4.69) is 20.4 Å². The molecule has 2 aromatic heterocycles. The average Bonchev–Trinajstić information content (AvgIpc) is 3.51. The maximum Gasteiger partial charge on any atom is 0.224 e. The number of hydrogen-bond acceptors (Lipinski definition) is 7. The molecule has 1 aromatic carbocycles. The highest BCUT2D eigenvalue weighted by atomic mass is 32.1. The van der Waals surface area contributed by atoms with E-state index in [0.717, 1.165) is 41.6 Å². The van der Waals surface area contributed by atoms with Crippen molar-refractivity contribution in [3.63, 3.8) is 0 Å². The van der Waals surface area contributed by atoms with Crippen LogP contribution >= 0.6 is 11.3 Å². The van der Waals surface area contributed by atoms with E-state index < -0.39 is 0 Å². The average molecular weight is 442 g/mol. The van der Waals surface area contributed by atoms with E-state index in [1.165, 1.54) is 0 Å². The molecular formula is C22H27N5O3S. The molecule has 1 amide bonds. The first kappa shape index (κ1) is 21.2.